The van der Waals surface area contributed by atoms with E-state index in [1.165, 1.54) is 12.1 Å². The Morgan fingerprint density at radius 3 is 2.06 bits per heavy atom. The fourth-order valence-corrected chi connectivity index (χ4v) is 4.79. The Morgan fingerprint density at radius 2 is 1.45 bits per heavy atom. The molecule has 4 aromatic rings. The fraction of sp³-hybridized carbons (Fsp3) is 0.120. The predicted octanol–water partition coefficient (Wildman–Crippen LogP) is 5.80. The maximum absolute atomic E-state index is 13.2. The van der Waals surface area contributed by atoms with Crippen molar-refractivity contribution in [2.45, 2.75) is 0 Å². The molecule has 1 saturated heterocycles. The monoisotopic (exact) mass is 430 g/mol. The summed E-state index contributed by atoms with van der Waals surface area (Å²) >= 11 is 1.59. The van der Waals surface area contributed by atoms with Crippen LogP contribution in [-0.4, -0.2) is 29.1 Å². The number of aromatic nitrogens is 1. The molecule has 1 aliphatic heterocycles. The van der Waals surface area contributed by atoms with Gasteiger partial charge in [-0.15, -0.1) is 0 Å². The Kier molecular flexibility index (Phi) is 5.00. The van der Waals surface area contributed by atoms with E-state index < -0.39 is 5.97 Å². The second-order valence-electron chi connectivity index (χ2n) is 7.56. The summed E-state index contributed by atoms with van der Waals surface area (Å²) < 4.78 is 13.2. The van der Waals surface area contributed by atoms with Gasteiger partial charge in [0.15, 0.2) is 5.13 Å². The number of thiazole rings is 1. The summed E-state index contributed by atoms with van der Waals surface area (Å²) in [6.07, 6.45) is 0. The van der Waals surface area contributed by atoms with Crippen molar-refractivity contribution in [2.75, 3.05) is 18.0 Å². The highest BCUT2D eigenvalue weighted by Gasteiger charge is 2.35. The number of carbonyl (C=O) groups is 1. The van der Waals surface area contributed by atoms with Crippen LogP contribution in [0.4, 0.5) is 9.52 Å². The van der Waals surface area contributed by atoms with Gasteiger partial charge in [-0.2, -0.15) is 0 Å². The zero-order valence-corrected chi connectivity index (χ0v) is 17.3. The largest absolute Gasteiger partial charge is 0.481 e. The minimum absolute atomic E-state index is 0.251. The van der Waals surface area contributed by atoms with E-state index in [9.17, 15) is 14.3 Å². The van der Waals surface area contributed by atoms with Crippen LogP contribution >= 0.6 is 11.3 Å². The lowest BCUT2D eigenvalue weighted by molar-refractivity contribution is -0.142. The Hall–Kier alpha value is -3.51. The van der Waals surface area contributed by atoms with Gasteiger partial charge in [0.1, 0.15) is 5.82 Å². The third-order valence-corrected chi connectivity index (χ3v) is 6.65. The normalized spacial score (nSPS) is 13.8. The number of nitrogens with zero attached hydrogens (tertiary/aromatic N) is 2. The summed E-state index contributed by atoms with van der Waals surface area (Å²) in [4.78, 5) is 19.1. The molecule has 5 rings (SSSR count). The lowest BCUT2D eigenvalue weighted by Crippen LogP contribution is -2.50. The number of benzene rings is 3. The van der Waals surface area contributed by atoms with Gasteiger partial charge >= 0.3 is 5.97 Å². The second kappa shape index (κ2) is 7.96. The highest BCUT2D eigenvalue weighted by molar-refractivity contribution is 7.19. The van der Waals surface area contributed by atoms with E-state index in [2.05, 4.69) is 12.1 Å². The number of hydrogen-bond donors (Lipinski definition) is 1. The van der Waals surface area contributed by atoms with E-state index in [1.807, 2.05) is 47.4 Å². The van der Waals surface area contributed by atoms with Crippen LogP contribution in [0.2, 0.25) is 0 Å². The second-order valence-corrected chi connectivity index (χ2v) is 8.54. The Morgan fingerprint density at radius 1 is 0.871 bits per heavy atom. The average molecular weight is 431 g/mol. The van der Waals surface area contributed by atoms with Crippen molar-refractivity contribution >= 4 is 22.4 Å². The molecule has 0 saturated carbocycles. The van der Waals surface area contributed by atoms with Gasteiger partial charge in [0.05, 0.1) is 16.5 Å². The van der Waals surface area contributed by atoms with Gasteiger partial charge in [0.2, 0.25) is 0 Å². The fourth-order valence-electron chi connectivity index (χ4n) is 3.68. The number of aliphatic carboxylic acids is 1. The van der Waals surface area contributed by atoms with Gasteiger partial charge in [-0.25, -0.2) is 9.37 Å². The molecular weight excluding hydrogens is 411 g/mol. The first-order valence-corrected chi connectivity index (χ1v) is 10.8. The zero-order valence-electron chi connectivity index (χ0n) is 16.5. The molecule has 154 valence electrons. The van der Waals surface area contributed by atoms with Gasteiger partial charge in [0, 0.05) is 18.7 Å². The van der Waals surface area contributed by atoms with Crippen molar-refractivity contribution in [1.82, 2.24) is 4.98 Å². The third kappa shape index (κ3) is 3.82. The summed E-state index contributed by atoms with van der Waals surface area (Å²) in [7, 11) is 0. The molecule has 0 bridgehead atoms. The maximum Gasteiger partial charge on any atom is 0.310 e. The first-order chi connectivity index (χ1) is 15.1. The summed E-state index contributed by atoms with van der Waals surface area (Å²) in [5, 5.41) is 10.0. The van der Waals surface area contributed by atoms with Crippen molar-refractivity contribution in [2.24, 2.45) is 5.92 Å². The molecule has 0 amide bonds. The van der Waals surface area contributed by atoms with E-state index in [4.69, 9.17) is 4.98 Å². The molecule has 0 unspecified atom stereocenters. The molecule has 0 atom stereocenters. The Balaban J connectivity index is 1.50. The molecule has 0 radical (unpaired) electrons. The van der Waals surface area contributed by atoms with E-state index in [0.29, 0.717) is 13.1 Å². The Bertz CT molecular complexity index is 1210. The molecule has 6 heteroatoms. The van der Waals surface area contributed by atoms with Crippen LogP contribution in [0, 0.1) is 11.7 Å². The molecule has 1 aromatic heterocycles. The van der Waals surface area contributed by atoms with E-state index >= 15 is 0 Å². The lowest BCUT2D eigenvalue weighted by atomic mass is 10.0. The molecule has 1 N–H and O–H groups in total. The minimum atomic E-state index is -0.757. The summed E-state index contributed by atoms with van der Waals surface area (Å²) in [6.45, 7) is 0.972. The first-order valence-electron chi connectivity index (χ1n) is 9.99. The molecule has 0 spiro atoms. The van der Waals surface area contributed by atoms with Gasteiger partial charge in [-0.05, 0) is 28.8 Å². The van der Waals surface area contributed by atoms with E-state index in [1.54, 1.807) is 23.5 Å². The number of anilines is 1. The molecular formula is C25H19FN2O2S. The summed E-state index contributed by atoms with van der Waals surface area (Å²) in [6, 6.07) is 24.6. The number of rotatable bonds is 5. The van der Waals surface area contributed by atoms with Gasteiger partial charge in [-0.1, -0.05) is 78.1 Å². The van der Waals surface area contributed by atoms with Crippen LogP contribution in [0.5, 0.6) is 0 Å². The number of carboxylic acids is 1. The molecule has 1 fully saturated rings. The van der Waals surface area contributed by atoms with Crippen molar-refractivity contribution in [3.05, 3.63) is 84.7 Å². The van der Waals surface area contributed by atoms with Crippen molar-refractivity contribution in [3.63, 3.8) is 0 Å². The lowest BCUT2D eigenvalue weighted by Gasteiger charge is -2.36. The SMILES string of the molecule is O=C(O)C1CN(c2nc(-c3ccc(-c4ccc(F)cc4)cc3)c(-c3ccccc3)s2)C1. The average Bonchev–Trinajstić information content (AvgIpc) is 3.19. The summed E-state index contributed by atoms with van der Waals surface area (Å²) in [5.74, 6) is -1.34. The van der Waals surface area contributed by atoms with Crippen LogP contribution in [0.25, 0.3) is 32.8 Å². The number of carboxylic acid groups (broad SMARTS) is 1. The van der Waals surface area contributed by atoms with Gasteiger partial charge in [-0.3, -0.25) is 4.79 Å². The molecule has 0 aliphatic carbocycles. The van der Waals surface area contributed by atoms with Crippen LogP contribution in [0.1, 0.15) is 0 Å². The highest BCUT2D eigenvalue weighted by Crippen LogP contribution is 2.42. The van der Waals surface area contributed by atoms with Crippen LogP contribution in [0.15, 0.2) is 78.9 Å². The van der Waals surface area contributed by atoms with Crippen molar-refractivity contribution in [3.8, 4) is 32.8 Å². The number of halogens is 1. The Labute approximate surface area is 183 Å². The molecule has 31 heavy (non-hydrogen) atoms. The number of hydrogen-bond acceptors (Lipinski definition) is 4. The molecule has 3 aromatic carbocycles. The topological polar surface area (TPSA) is 53.4 Å². The molecule has 2 heterocycles. The van der Waals surface area contributed by atoms with Crippen LogP contribution < -0.4 is 4.90 Å². The smallest absolute Gasteiger partial charge is 0.310 e. The molecule has 1 aliphatic rings. The maximum atomic E-state index is 13.2. The van der Waals surface area contributed by atoms with Crippen molar-refractivity contribution < 1.29 is 14.3 Å². The van der Waals surface area contributed by atoms with Gasteiger partial charge in [0.25, 0.3) is 0 Å². The van der Waals surface area contributed by atoms with Crippen LogP contribution in [-0.2, 0) is 4.79 Å². The van der Waals surface area contributed by atoms with E-state index in [0.717, 1.165) is 38.0 Å². The quantitative estimate of drug-likeness (QED) is 0.435. The predicted molar refractivity (Wildman–Crippen MR) is 122 cm³/mol. The molecule has 4 nitrogen and oxygen atoms in total. The minimum Gasteiger partial charge on any atom is -0.481 e. The van der Waals surface area contributed by atoms with E-state index in [-0.39, 0.29) is 11.7 Å². The zero-order chi connectivity index (χ0) is 21.4. The highest BCUT2D eigenvalue weighted by atomic mass is 32.1. The standard InChI is InChI=1S/C25H19FN2O2S/c26-21-12-10-17(11-13-21)16-6-8-18(9-7-16)22-23(19-4-2-1-3-5-19)31-25(27-22)28-14-20(15-28)24(29)30/h1-13,20H,14-15H2,(H,29,30). The van der Waals surface area contributed by atoms with Crippen LogP contribution in [0.3, 0.4) is 0 Å². The van der Waals surface area contributed by atoms with Crippen molar-refractivity contribution in [1.29, 1.82) is 0 Å². The summed E-state index contributed by atoms with van der Waals surface area (Å²) in [5.41, 5.74) is 4.92. The van der Waals surface area contributed by atoms with Gasteiger partial charge < -0.3 is 10.0 Å². The third-order valence-electron chi connectivity index (χ3n) is 5.49. The first kappa shape index (κ1) is 19.5.